The van der Waals surface area contributed by atoms with Gasteiger partial charge in [-0.05, 0) is 33.1 Å². The van der Waals surface area contributed by atoms with Crippen LogP contribution in [-0.2, 0) is 11.3 Å². The van der Waals surface area contributed by atoms with E-state index in [2.05, 4.69) is 10.4 Å². The Morgan fingerprint density at radius 2 is 2.09 bits per heavy atom. The molecular weight excluding hydrogens is 288 g/mol. The average Bonchev–Trinajstić information content (AvgIpc) is 2.67. The number of hydrogen-bond acceptors (Lipinski definition) is 5. The first-order valence-electron chi connectivity index (χ1n) is 7.35. The maximum absolute atomic E-state index is 11.8. The molecule has 0 aliphatic carbocycles. The third-order valence-corrected chi connectivity index (χ3v) is 3.47. The molecule has 22 heavy (non-hydrogen) atoms. The summed E-state index contributed by atoms with van der Waals surface area (Å²) in [6.07, 6.45) is 0.451. The van der Waals surface area contributed by atoms with E-state index in [9.17, 15) is 20.0 Å². The number of carbonyl (C=O) groups excluding carboxylic acids is 1. The molecule has 0 aliphatic heterocycles. The number of aliphatic hydroxyl groups excluding tert-OH is 1. The van der Waals surface area contributed by atoms with Gasteiger partial charge in [-0.1, -0.05) is 6.92 Å². The zero-order valence-corrected chi connectivity index (χ0v) is 13.5. The van der Waals surface area contributed by atoms with Gasteiger partial charge in [-0.15, -0.1) is 0 Å². The van der Waals surface area contributed by atoms with Crippen LogP contribution in [0.4, 0.5) is 5.69 Å². The van der Waals surface area contributed by atoms with Gasteiger partial charge in [0, 0.05) is 13.0 Å². The third-order valence-electron chi connectivity index (χ3n) is 3.47. The van der Waals surface area contributed by atoms with Crippen LogP contribution in [-0.4, -0.2) is 38.4 Å². The van der Waals surface area contributed by atoms with Crippen LogP contribution in [0.2, 0.25) is 0 Å². The van der Waals surface area contributed by atoms with E-state index in [0.717, 1.165) is 0 Å². The highest BCUT2D eigenvalue weighted by Crippen LogP contribution is 2.21. The molecule has 1 aromatic heterocycles. The summed E-state index contributed by atoms with van der Waals surface area (Å²) in [6.45, 7) is 7.68. The molecular formula is C14H24N4O4. The molecule has 2 unspecified atom stereocenters. The third kappa shape index (κ3) is 5.10. The van der Waals surface area contributed by atoms with Gasteiger partial charge in [0.1, 0.15) is 11.4 Å². The Morgan fingerprint density at radius 1 is 1.45 bits per heavy atom. The van der Waals surface area contributed by atoms with Crippen molar-refractivity contribution in [3.8, 4) is 0 Å². The lowest BCUT2D eigenvalue weighted by atomic mass is 10.0. The van der Waals surface area contributed by atoms with Crippen LogP contribution in [0.3, 0.4) is 0 Å². The largest absolute Gasteiger partial charge is 0.393 e. The highest BCUT2D eigenvalue weighted by atomic mass is 16.6. The van der Waals surface area contributed by atoms with Gasteiger partial charge in [-0.25, -0.2) is 0 Å². The van der Waals surface area contributed by atoms with E-state index < -0.39 is 4.92 Å². The van der Waals surface area contributed by atoms with Crippen molar-refractivity contribution in [2.24, 2.45) is 5.92 Å². The van der Waals surface area contributed by atoms with E-state index in [-0.39, 0.29) is 30.0 Å². The Morgan fingerprint density at radius 3 is 2.59 bits per heavy atom. The second-order valence-corrected chi connectivity index (χ2v) is 5.74. The molecule has 2 atom stereocenters. The van der Waals surface area contributed by atoms with Gasteiger partial charge in [0.15, 0.2) is 0 Å². The zero-order chi connectivity index (χ0) is 16.9. The fourth-order valence-electron chi connectivity index (χ4n) is 2.42. The predicted octanol–water partition coefficient (Wildman–Crippen LogP) is 1.32. The first kappa shape index (κ1) is 18.1. The number of carbonyl (C=O) groups is 1. The van der Waals surface area contributed by atoms with Crippen molar-refractivity contribution in [3.63, 3.8) is 0 Å². The number of rotatable bonds is 8. The van der Waals surface area contributed by atoms with Crippen molar-refractivity contribution < 1.29 is 14.8 Å². The molecule has 1 rings (SSSR count). The zero-order valence-electron chi connectivity index (χ0n) is 13.5. The molecule has 8 nitrogen and oxygen atoms in total. The molecule has 0 radical (unpaired) electrons. The maximum Gasteiger partial charge on any atom is 0.312 e. The Labute approximate surface area is 129 Å². The number of nitro groups is 1. The first-order valence-corrected chi connectivity index (χ1v) is 7.35. The SMILES string of the molecule is Cc1nn(CCC(=O)NCC(C)CC(C)O)c(C)c1[N+](=O)[O-]. The smallest absolute Gasteiger partial charge is 0.312 e. The van der Waals surface area contributed by atoms with E-state index in [1.165, 1.54) is 4.68 Å². The molecule has 0 saturated heterocycles. The number of aliphatic hydroxyl groups is 1. The predicted molar refractivity (Wildman–Crippen MR) is 81.4 cm³/mol. The molecule has 2 N–H and O–H groups in total. The van der Waals surface area contributed by atoms with E-state index in [1.54, 1.807) is 20.8 Å². The number of aryl methyl sites for hydroxylation is 2. The lowest BCUT2D eigenvalue weighted by molar-refractivity contribution is -0.386. The summed E-state index contributed by atoms with van der Waals surface area (Å²) in [5, 5.41) is 27.1. The van der Waals surface area contributed by atoms with Gasteiger partial charge >= 0.3 is 5.69 Å². The molecule has 0 saturated carbocycles. The van der Waals surface area contributed by atoms with Gasteiger partial charge in [0.25, 0.3) is 0 Å². The molecule has 1 aromatic rings. The molecule has 0 spiro atoms. The summed E-state index contributed by atoms with van der Waals surface area (Å²) in [4.78, 5) is 22.3. The number of nitrogens with zero attached hydrogens (tertiary/aromatic N) is 3. The average molecular weight is 312 g/mol. The normalized spacial score (nSPS) is 13.7. The number of amides is 1. The van der Waals surface area contributed by atoms with Gasteiger partial charge in [0.2, 0.25) is 5.91 Å². The Bertz CT molecular complexity index is 539. The summed E-state index contributed by atoms with van der Waals surface area (Å²) in [7, 11) is 0. The standard InChI is InChI=1S/C14H24N4O4/c1-9(7-10(2)19)8-15-13(20)5-6-17-12(4)14(18(21)22)11(3)16-17/h9-10,19H,5-8H2,1-4H3,(H,15,20). The quantitative estimate of drug-likeness (QED) is 0.555. The van der Waals surface area contributed by atoms with Gasteiger partial charge < -0.3 is 10.4 Å². The molecule has 8 heteroatoms. The van der Waals surface area contributed by atoms with Crippen molar-refractivity contribution in [1.82, 2.24) is 15.1 Å². The fourth-order valence-corrected chi connectivity index (χ4v) is 2.42. The maximum atomic E-state index is 11.8. The molecule has 124 valence electrons. The van der Waals surface area contributed by atoms with Gasteiger partial charge in [-0.2, -0.15) is 5.10 Å². The Balaban J connectivity index is 2.48. The summed E-state index contributed by atoms with van der Waals surface area (Å²) in [5.74, 6) is 0.0615. The van der Waals surface area contributed by atoms with Crippen LogP contribution in [0.5, 0.6) is 0 Å². The van der Waals surface area contributed by atoms with Crippen LogP contribution >= 0.6 is 0 Å². The molecule has 1 heterocycles. The first-order chi connectivity index (χ1) is 10.2. The van der Waals surface area contributed by atoms with E-state index in [0.29, 0.717) is 30.9 Å². The highest BCUT2D eigenvalue weighted by molar-refractivity contribution is 5.75. The minimum absolute atomic E-state index is 0.00552. The summed E-state index contributed by atoms with van der Waals surface area (Å²) >= 11 is 0. The van der Waals surface area contributed by atoms with Gasteiger partial charge in [-0.3, -0.25) is 19.6 Å². The van der Waals surface area contributed by atoms with Gasteiger partial charge in [0.05, 0.1) is 17.6 Å². The molecule has 0 aliphatic rings. The van der Waals surface area contributed by atoms with E-state index in [4.69, 9.17) is 0 Å². The molecule has 0 bridgehead atoms. The fraction of sp³-hybridized carbons (Fsp3) is 0.714. The van der Waals surface area contributed by atoms with E-state index in [1.807, 2.05) is 6.92 Å². The number of aromatic nitrogens is 2. The van der Waals surface area contributed by atoms with Crippen LogP contribution in [0.1, 0.15) is 38.1 Å². The molecule has 0 fully saturated rings. The number of nitrogens with one attached hydrogen (secondary N) is 1. The topological polar surface area (TPSA) is 110 Å². The van der Waals surface area contributed by atoms with Crippen LogP contribution in [0, 0.1) is 29.9 Å². The summed E-state index contributed by atoms with van der Waals surface area (Å²) < 4.78 is 1.49. The highest BCUT2D eigenvalue weighted by Gasteiger charge is 2.21. The minimum Gasteiger partial charge on any atom is -0.393 e. The molecule has 0 aromatic carbocycles. The monoisotopic (exact) mass is 312 g/mol. The summed E-state index contributed by atoms with van der Waals surface area (Å²) in [5.41, 5.74) is 0.817. The van der Waals surface area contributed by atoms with Crippen molar-refractivity contribution >= 4 is 11.6 Å². The van der Waals surface area contributed by atoms with Crippen molar-refractivity contribution in [3.05, 3.63) is 21.5 Å². The number of hydrogen-bond donors (Lipinski definition) is 2. The summed E-state index contributed by atoms with van der Waals surface area (Å²) in [6, 6.07) is 0. The minimum atomic E-state index is -0.452. The molecule has 1 amide bonds. The second-order valence-electron chi connectivity index (χ2n) is 5.74. The Kier molecular flexibility index (Phi) is 6.48. The van der Waals surface area contributed by atoms with Crippen LogP contribution in [0.15, 0.2) is 0 Å². The Hall–Kier alpha value is -1.96. The van der Waals surface area contributed by atoms with Crippen LogP contribution in [0.25, 0.3) is 0 Å². The lowest BCUT2D eigenvalue weighted by Crippen LogP contribution is -2.30. The second kappa shape index (κ2) is 7.88. The van der Waals surface area contributed by atoms with Crippen molar-refractivity contribution in [2.75, 3.05) is 6.54 Å². The van der Waals surface area contributed by atoms with E-state index >= 15 is 0 Å². The lowest BCUT2D eigenvalue weighted by Gasteiger charge is -2.14. The van der Waals surface area contributed by atoms with Crippen molar-refractivity contribution in [1.29, 1.82) is 0 Å². The van der Waals surface area contributed by atoms with Crippen molar-refractivity contribution in [2.45, 2.75) is 53.2 Å². The van der Waals surface area contributed by atoms with Crippen LogP contribution < -0.4 is 5.32 Å².